The van der Waals surface area contributed by atoms with Crippen molar-refractivity contribution in [1.29, 1.82) is 0 Å². The zero-order valence-electron chi connectivity index (χ0n) is 13.9. The van der Waals surface area contributed by atoms with Crippen LogP contribution in [0.4, 0.5) is 31.1 Å². The molecule has 0 aliphatic rings. The van der Waals surface area contributed by atoms with Gasteiger partial charge in [-0.1, -0.05) is 11.3 Å². The highest BCUT2D eigenvalue weighted by molar-refractivity contribution is 7.89. The molecule has 6 N–H and O–H groups in total. The number of benzene rings is 2. The summed E-state index contributed by atoms with van der Waals surface area (Å²) in [5, 5.41) is 10.5. The zero-order chi connectivity index (χ0) is 20.5. The van der Waals surface area contributed by atoms with E-state index in [1.165, 1.54) is 24.3 Å². The van der Waals surface area contributed by atoms with Crippen LogP contribution in [0.2, 0.25) is 0 Å². The Labute approximate surface area is 162 Å². The van der Waals surface area contributed by atoms with E-state index in [-0.39, 0.29) is 26.4 Å². The molecule has 28 heavy (non-hydrogen) atoms. The Morgan fingerprint density at radius 3 is 2.21 bits per heavy atom. The fourth-order valence-electron chi connectivity index (χ4n) is 2.21. The first-order valence-electron chi connectivity index (χ1n) is 7.55. The number of aromatic nitrogens is 1. The van der Waals surface area contributed by atoms with Crippen LogP contribution in [0.1, 0.15) is 9.67 Å². The summed E-state index contributed by atoms with van der Waals surface area (Å²) >= 11 is 0.910. The average Bonchev–Trinajstić information content (AvgIpc) is 2.94. The summed E-state index contributed by atoms with van der Waals surface area (Å²) in [7, 11) is -3.81. The molecular weight excluding hydrogens is 412 g/mol. The highest BCUT2D eigenvalue weighted by Crippen LogP contribution is 2.29. The lowest BCUT2D eigenvalue weighted by atomic mass is 10.3. The van der Waals surface area contributed by atoms with Crippen LogP contribution >= 0.6 is 11.3 Å². The molecule has 1 heterocycles. The van der Waals surface area contributed by atoms with Crippen LogP contribution in [0.25, 0.3) is 0 Å². The summed E-state index contributed by atoms with van der Waals surface area (Å²) in [4.78, 5) is 16.3. The van der Waals surface area contributed by atoms with Gasteiger partial charge in [-0.2, -0.15) is 0 Å². The third kappa shape index (κ3) is 4.60. The molecule has 0 radical (unpaired) electrons. The summed E-state index contributed by atoms with van der Waals surface area (Å²) in [5.74, 6) is -2.43. The Bertz CT molecular complexity index is 1130. The Morgan fingerprint density at radius 1 is 1.04 bits per heavy atom. The van der Waals surface area contributed by atoms with Crippen molar-refractivity contribution in [3.05, 3.63) is 59.0 Å². The van der Waals surface area contributed by atoms with Crippen molar-refractivity contribution in [3.8, 4) is 0 Å². The van der Waals surface area contributed by atoms with E-state index in [1.807, 2.05) is 0 Å². The van der Waals surface area contributed by atoms with Gasteiger partial charge in [0.05, 0.1) is 4.90 Å². The molecule has 0 bridgehead atoms. The number of hydrogen-bond donors (Lipinski definition) is 4. The van der Waals surface area contributed by atoms with Gasteiger partial charge in [0.1, 0.15) is 22.3 Å². The van der Waals surface area contributed by atoms with Gasteiger partial charge in [0.2, 0.25) is 10.0 Å². The van der Waals surface area contributed by atoms with E-state index in [1.54, 1.807) is 0 Å². The number of carbonyl (C=O) groups excluding carboxylic acids is 1. The van der Waals surface area contributed by atoms with Crippen molar-refractivity contribution >= 4 is 49.6 Å². The average molecular weight is 425 g/mol. The minimum Gasteiger partial charge on any atom is -0.382 e. The van der Waals surface area contributed by atoms with Gasteiger partial charge in [0.15, 0.2) is 5.13 Å². The Balaban J connectivity index is 1.76. The van der Waals surface area contributed by atoms with Crippen molar-refractivity contribution in [2.75, 3.05) is 16.4 Å². The summed E-state index contributed by atoms with van der Waals surface area (Å²) < 4.78 is 49.0. The minimum atomic E-state index is -3.81. The third-order valence-corrected chi connectivity index (χ3v) is 5.33. The van der Waals surface area contributed by atoms with Crippen molar-refractivity contribution < 1.29 is 22.0 Å². The number of amides is 1. The molecule has 0 saturated carbocycles. The fraction of sp³-hybridized carbons (Fsp3) is 0. The first-order valence-corrected chi connectivity index (χ1v) is 9.92. The van der Waals surface area contributed by atoms with E-state index in [9.17, 15) is 22.0 Å². The molecule has 0 aliphatic heterocycles. The number of halogens is 2. The molecule has 1 aromatic heterocycles. The smallest absolute Gasteiger partial charge is 0.269 e. The minimum absolute atomic E-state index is 0.0355. The predicted octanol–water partition coefficient (Wildman–Crippen LogP) is 2.65. The van der Waals surface area contributed by atoms with Crippen molar-refractivity contribution in [1.82, 2.24) is 4.98 Å². The van der Waals surface area contributed by atoms with E-state index < -0.39 is 27.6 Å². The molecule has 0 aliphatic carbocycles. The number of carbonyl (C=O) groups is 1. The Kier molecular flexibility index (Phi) is 5.27. The van der Waals surface area contributed by atoms with E-state index >= 15 is 0 Å². The molecule has 0 saturated heterocycles. The van der Waals surface area contributed by atoms with E-state index in [0.717, 1.165) is 23.5 Å². The van der Waals surface area contributed by atoms with Gasteiger partial charge >= 0.3 is 0 Å². The third-order valence-electron chi connectivity index (χ3n) is 3.41. The van der Waals surface area contributed by atoms with Gasteiger partial charge < -0.3 is 16.4 Å². The molecule has 2 aromatic carbocycles. The Hall–Kier alpha value is -3.09. The number of thiazole rings is 1. The number of sulfonamides is 1. The van der Waals surface area contributed by atoms with Gasteiger partial charge in [-0.15, -0.1) is 0 Å². The van der Waals surface area contributed by atoms with E-state index in [2.05, 4.69) is 15.6 Å². The number of hydrogen-bond acceptors (Lipinski definition) is 7. The lowest BCUT2D eigenvalue weighted by Gasteiger charge is -2.04. The molecular formula is C16H13F2N5O3S2. The van der Waals surface area contributed by atoms with Crippen LogP contribution < -0.4 is 21.5 Å². The van der Waals surface area contributed by atoms with Crippen LogP contribution in [0.3, 0.4) is 0 Å². The van der Waals surface area contributed by atoms with Crippen LogP contribution in [0.15, 0.2) is 47.4 Å². The predicted molar refractivity (Wildman–Crippen MR) is 102 cm³/mol. The fourth-order valence-corrected chi connectivity index (χ4v) is 3.53. The maximum atomic E-state index is 13.2. The van der Waals surface area contributed by atoms with Gasteiger partial charge in [-0.3, -0.25) is 4.79 Å². The molecule has 0 spiro atoms. The molecule has 8 nitrogen and oxygen atoms in total. The van der Waals surface area contributed by atoms with Crippen LogP contribution in [0, 0.1) is 11.6 Å². The molecule has 0 fully saturated rings. The van der Waals surface area contributed by atoms with Gasteiger partial charge in [0, 0.05) is 17.4 Å². The lowest BCUT2D eigenvalue weighted by Crippen LogP contribution is -2.12. The van der Waals surface area contributed by atoms with Gasteiger partial charge in [-0.25, -0.2) is 27.3 Å². The molecule has 3 rings (SSSR count). The highest BCUT2D eigenvalue weighted by atomic mass is 32.2. The van der Waals surface area contributed by atoms with Crippen molar-refractivity contribution in [2.24, 2.45) is 5.14 Å². The zero-order valence-corrected chi connectivity index (χ0v) is 15.6. The molecule has 0 unspecified atom stereocenters. The van der Waals surface area contributed by atoms with Crippen LogP contribution in [-0.4, -0.2) is 19.3 Å². The van der Waals surface area contributed by atoms with Gasteiger partial charge in [-0.05, 0) is 36.4 Å². The number of rotatable bonds is 5. The number of nitrogens with zero attached hydrogens (tertiary/aromatic N) is 1. The second-order valence-corrected chi connectivity index (χ2v) is 8.10. The summed E-state index contributed by atoms with van der Waals surface area (Å²) in [5.41, 5.74) is 6.17. The number of nitrogens with two attached hydrogens (primary N) is 2. The quantitative estimate of drug-likeness (QED) is 0.495. The monoisotopic (exact) mass is 425 g/mol. The SMILES string of the molecule is Nc1nc(Nc2ccc(S(N)(=O)=O)cc2)sc1C(=O)Nc1cc(F)cc(F)c1. The lowest BCUT2D eigenvalue weighted by molar-refractivity contribution is 0.103. The second-order valence-electron chi connectivity index (χ2n) is 5.54. The van der Waals surface area contributed by atoms with Crippen LogP contribution in [0.5, 0.6) is 0 Å². The topological polar surface area (TPSA) is 140 Å². The first-order chi connectivity index (χ1) is 13.1. The van der Waals surface area contributed by atoms with Crippen LogP contribution in [-0.2, 0) is 10.0 Å². The molecule has 0 atom stereocenters. The highest BCUT2D eigenvalue weighted by Gasteiger charge is 2.17. The second kappa shape index (κ2) is 7.50. The van der Waals surface area contributed by atoms with E-state index in [0.29, 0.717) is 11.8 Å². The molecule has 3 aromatic rings. The Morgan fingerprint density at radius 2 is 1.64 bits per heavy atom. The summed E-state index contributed by atoms with van der Waals surface area (Å²) in [6, 6.07) is 8.15. The largest absolute Gasteiger partial charge is 0.382 e. The van der Waals surface area contributed by atoms with Crippen molar-refractivity contribution in [3.63, 3.8) is 0 Å². The normalized spacial score (nSPS) is 11.2. The standard InChI is InChI=1S/C16H13F2N5O3S2/c17-8-5-9(18)7-11(6-8)21-15(24)13-14(19)23-16(27-13)22-10-1-3-12(4-2-10)28(20,25)26/h1-7H,19H2,(H,21,24)(H,22,23)(H2,20,25,26). The number of nitrogens with one attached hydrogen (secondary N) is 2. The molecule has 146 valence electrons. The first kappa shape index (κ1) is 19.7. The van der Waals surface area contributed by atoms with Gasteiger partial charge in [0.25, 0.3) is 5.91 Å². The molecule has 1 amide bonds. The maximum absolute atomic E-state index is 13.2. The number of nitrogen functional groups attached to an aromatic ring is 1. The maximum Gasteiger partial charge on any atom is 0.269 e. The van der Waals surface area contributed by atoms with Crippen molar-refractivity contribution in [2.45, 2.75) is 4.90 Å². The summed E-state index contributed by atoms with van der Waals surface area (Å²) in [6.45, 7) is 0. The van der Waals surface area contributed by atoms with E-state index in [4.69, 9.17) is 10.9 Å². The number of anilines is 4. The molecule has 12 heteroatoms. The summed E-state index contributed by atoms with van der Waals surface area (Å²) in [6.07, 6.45) is 0. The number of primary sulfonamides is 1.